The van der Waals surface area contributed by atoms with E-state index < -0.39 is 6.10 Å². The molecule has 2 aliphatic heterocycles. The van der Waals surface area contributed by atoms with Gasteiger partial charge in [-0.2, -0.15) is 5.26 Å². The van der Waals surface area contributed by atoms with E-state index in [9.17, 15) is 5.11 Å². The molecule has 2 heterocycles. The van der Waals surface area contributed by atoms with E-state index in [-0.39, 0.29) is 0 Å². The molecule has 1 saturated carbocycles. The first kappa shape index (κ1) is 16.8. The standard InChI is InChI=1S/C20H27N3O2/c21-7-15-3-5-20(6-4-15)25-14-19(24)13-23-11-17-9-22(8-16-1-2-16)10-18(17)12-23/h3-6,16-19,24H,1-2,8-14H2/t17?,18?,19-/m0/s1. The molecule has 5 nitrogen and oxygen atoms in total. The molecule has 1 N–H and O–H groups in total. The first-order valence-corrected chi connectivity index (χ1v) is 9.45. The molecule has 134 valence electrons. The Morgan fingerprint density at radius 2 is 1.72 bits per heavy atom. The molecule has 1 aliphatic carbocycles. The number of hydrogen-bond acceptors (Lipinski definition) is 5. The van der Waals surface area contributed by atoms with Crippen molar-refractivity contribution in [3.63, 3.8) is 0 Å². The Morgan fingerprint density at radius 1 is 1.08 bits per heavy atom. The summed E-state index contributed by atoms with van der Waals surface area (Å²) in [6, 6.07) is 9.11. The van der Waals surface area contributed by atoms with E-state index in [0.29, 0.717) is 24.5 Å². The number of nitrogens with zero attached hydrogens (tertiary/aromatic N) is 3. The monoisotopic (exact) mass is 341 g/mol. The molecule has 0 aromatic heterocycles. The SMILES string of the molecule is N#Cc1ccc(OC[C@@H](O)CN2CC3CN(CC4CC4)CC3C2)cc1. The fraction of sp³-hybridized carbons (Fsp3) is 0.650. The molecular formula is C20H27N3O2. The first-order valence-electron chi connectivity index (χ1n) is 9.45. The smallest absolute Gasteiger partial charge is 0.119 e. The van der Waals surface area contributed by atoms with E-state index in [1.807, 2.05) is 0 Å². The molecule has 1 aromatic carbocycles. The van der Waals surface area contributed by atoms with E-state index in [2.05, 4.69) is 15.9 Å². The van der Waals surface area contributed by atoms with Crippen LogP contribution in [0.25, 0.3) is 0 Å². The van der Waals surface area contributed by atoms with Crippen molar-refractivity contribution in [2.24, 2.45) is 17.8 Å². The Balaban J connectivity index is 1.17. The van der Waals surface area contributed by atoms with Crippen LogP contribution in [0.2, 0.25) is 0 Å². The van der Waals surface area contributed by atoms with Crippen LogP contribution in [0.4, 0.5) is 0 Å². The van der Waals surface area contributed by atoms with Crippen LogP contribution in [0.1, 0.15) is 18.4 Å². The zero-order chi connectivity index (χ0) is 17.2. The Hall–Kier alpha value is -1.61. The maximum atomic E-state index is 10.3. The van der Waals surface area contributed by atoms with Gasteiger partial charge in [0.15, 0.2) is 0 Å². The third-order valence-electron chi connectivity index (χ3n) is 5.75. The molecule has 3 fully saturated rings. The predicted octanol–water partition coefficient (Wildman–Crippen LogP) is 1.57. The number of aliphatic hydroxyl groups excluding tert-OH is 1. The highest BCUT2D eigenvalue weighted by Crippen LogP contribution is 2.35. The second-order valence-corrected chi connectivity index (χ2v) is 8.00. The van der Waals surface area contributed by atoms with Crippen LogP contribution in [-0.2, 0) is 0 Å². The Kier molecular flexibility index (Phi) is 4.93. The highest BCUT2D eigenvalue weighted by atomic mass is 16.5. The molecule has 0 radical (unpaired) electrons. The van der Waals surface area contributed by atoms with Gasteiger partial charge in [-0.1, -0.05) is 0 Å². The summed E-state index contributed by atoms with van der Waals surface area (Å²) in [4.78, 5) is 5.06. The highest BCUT2D eigenvalue weighted by Gasteiger charge is 2.41. The van der Waals surface area contributed by atoms with Gasteiger partial charge in [0, 0.05) is 39.3 Å². The molecule has 2 unspecified atom stereocenters. The van der Waals surface area contributed by atoms with Crippen LogP contribution >= 0.6 is 0 Å². The summed E-state index contributed by atoms with van der Waals surface area (Å²) in [5.74, 6) is 3.25. The van der Waals surface area contributed by atoms with Gasteiger partial charge in [-0.25, -0.2) is 0 Å². The van der Waals surface area contributed by atoms with Crippen molar-refractivity contribution in [1.82, 2.24) is 9.80 Å². The number of aliphatic hydroxyl groups is 1. The topological polar surface area (TPSA) is 59.7 Å². The van der Waals surface area contributed by atoms with Crippen molar-refractivity contribution < 1.29 is 9.84 Å². The largest absolute Gasteiger partial charge is 0.491 e. The summed E-state index contributed by atoms with van der Waals surface area (Å²) >= 11 is 0. The maximum absolute atomic E-state index is 10.3. The average Bonchev–Trinajstić information content (AvgIpc) is 3.23. The minimum absolute atomic E-state index is 0.297. The van der Waals surface area contributed by atoms with Gasteiger partial charge < -0.3 is 14.7 Å². The lowest BCUT2D eigenvalue weighted by Gasteiger charge is -2.23. The third kappa shape index (κ3) is 4.33. The number of rotatable bonds is 7. The summed E-state index contributed by atoms with van der Waals surface area (Å²) in [7, 11) is 0. The van der Waals surface area contributed by atoms with Crippen LogP contribution in [0.15, 0.2) is 24.3 Å². The van der Waals surface area contributed by atoms with Crippen molar-refractivity contribution in [2.75, 3.05) is 45.9 Å². The van der Waals surface area contributed by atoms with Gasteiger partial charge in [0.25, 0.3) is 0 Å². The molecular weight excluding hydrogens is 314 g/mol. The Bertz CT molecular complexity index is 609. The second-order valence-electron chi connectivity index (χ2n) is 8.00. The quantitative estimate of drug-likeness (QED) is 0.816. The number of ether oxygens (including phenoxy) is 1. The molecule has 0 amide bonds. The van der Waals surface area contributed by atoms with E-state index in [1.54, 1.807) is 24.3 Å². The van der Waals surface area contributed by atoms with Crippen molar-refractivity contribution in [3.05, 3.63) is 29.8 Å². The van der Waals surface area contributed by atoms with Gasteiger partial charge >= 0.3 is 0 Å². The number of fused-ring (bicyclic) bond motifs is 1. The van der Waals surface area contributed by atoms with E-state index >= 15 is 0 Å². The molecule has 4 rings (SSSR count). The van der Waals surface area contributed by atoms with Gasteiger partial charge in [0.1, 0.15) is 18.5 Å². The number of nitriles is 1. The normalized spacial score (nSPS) is 27.8. The summed E-state index contributed by atoms with van der Waals surface area (Å²) in [6.45, 7) is 7.01. The minimum Gasteiger partial charge on any atom is -0.491 e. The van der Waals surface area contributed by atoms with Crippen molar-refractivity contribution in [3.8, 4) is 11.8 Å². The fourth-order valence-corrected chi connectivity index (χ4v) is 4.32. The predicted molar refractivity (Wildman–Crippen MR) is 95.2 cm³/mol. The molecule has 5 heteroatoms. The maximum Gasteiger partial charge on any atom is 0.119 e. The number of benzene rings is 1. The van der Waals surface area contributed by atoms with Crippen molar-refractivity contribution in [1.29, 1.82) is 5.26 Å². The fourth-order valence-electron chi connectivity index (χ4n) is 4.32. The van der Waals surface area contributed by atoms with Crippen LogP contribution < -0.4 is 4.74 Å². The van der Waals surface area contributed by atoms with Gasteiger partial charge in [-0.3, -0.25) is 4.90 Å². The van der Waals surface area contributed by atoms with Crippen LogP contribution in [-0.4, -0.2) is 66.9 Å². The van der Waals surface area contributed by atoms with E-state index in [0.717, 1.165) is 30.8 Å². The van der Waals surface area contributed by atoms with Gasteiger partial charge in [0.2, 0.25) is 0 Å². The zero-order valence-electron chi connectivity index (χ0n) is 14.7. The average molecular weight is 341 g/mol. The van der Waals surface area contributed by atoms with Crippen LogP contribution in [0.3, 0.4) is 0 Å². The lowest BCUT2D eigenvalue weighted by Crippen LogP contribution is -2.36. The molecule has 1 aromatic rings. The van der Waals surface area contributed by atoms with Gasteiger partial charge in [-0.15, -0.1) is 0 Å². The third-order valence-corrected chi connectivity index (χ3v) is 5.75. The molecule has 0 bridgehead atoms. The van der Waals surface area contributed by atoms with Gasteiger partial charge in [-0.05, 0) is 54.9 Å². The summed E-state index contributed by atoms with van der Waals surface area (Å²) < 4.78 is 5.64. The van der Waals surface area contributed by atoms with Crippen LogP contribution in [0.5, 0.6) is 5.75 Å². The molecule has 0 spiro atoms. The molecule has 3 atom stereocenters. The first-order chi connectivity index (χ1) is 12.2. The van der Waals surface area contributed by atoms with Crippen molar-refractivity contribution in [2.45, 2.75) is 18.9 Å². The summed E-state index contributed by atoms with van der Waals surface area (Å²) in [5.41, 5.74) is 0.618. The zero-order valence-corrected chi connectivity index (χ0v) is 14.7. The number of hydrogen-bond donors (Lipinski definition) is 1. The number of likely N-dealkylation sites (tertiary alicyclic amines) is 2. The van der Waals surface area contributed by atoms with E-state index in [1.165, 1.54) is 32.5 Å². The Labute approximate surface area is 149 Å². The lowest BCUT2D eigenvalue weighted by molar-refractivity contribution is 0.0720. The van der Waals surface area contributed by atoms with Crippen LogP contribution in [0, 0.1) is 29.1 Å². The summed E-state index contributed by atoms with van der Waals surface area (Å²) in [5, 5.41) is 19.1. The Morgan fingerprint density at radius 3 is 2.32 bits per heavy atom. The second kappa shape index (κ2) is 7.33. The molecule has 3 aliphatic rings. The lowest BCUT2D eigenvalue weighted by atomic mass is 10.0. The highest BCUT2D eigenvalue weighted by molar-refractivity contribution is 5.34. The number of β-amino-alcohol motifs (C(OH)–C–C–N with tert-alkyl or cyclic N) is 1. The van der Waals surface area contributed by atoms with E-state index in [4.69, 9.17) is 10.00 Å². The minimum atomic E-state index is -0.475. The summed E-state index contributed by atoms with van der Waals surface area (Å²) in [6.07, 6.45) is 2.39. The molecule has 2 saturated heterocycles. The molecule has 25 heavy (non-hydrogen) atoms. The van der Waals surface area contributed by atoms with Gasteiger partial charge in [0.05, 0.1) is 11.6 Å². The van der Waals surface area contributed by atoms with Crippen molar-refractivity contribution >= 4 is 0 Å².